The molecule has 1 N–H and O–H groups in total. The lowest BCUT2D eigenvalue weighted by atomic mass is 10.1. The van der Waals surface area contributed by atoms with E-state index in [-0.39, 0.29) is 12.7 Å². The monoisotopic (exact) mass is 266 g/mol. The molecule has 0 aromatic heterocycles. The van der Waals surface area contributed by atoms with Gasteiger partial charge in [-0.1, -0.05) is 0 Å². The molecule has 0 bridgehead atoms. The maximum atomic E-state index is 11.8. The second-order valence-corrected chi connectivity index (χ2v) is 6.24. The molecule has 0 unspecified atom stereocenters. The van der Waals surface area contributed by atoms with Crippen LogP contribution in [-0.4, -0.2) is 68.0 Å². The molecule has 0 aliphatic carbocycles. The largest absolute Gasteiger partial charge is 0.480 e. The lowest BCUT2D eigenvalue weighted by Gasteiger charge is -2.32. The first-order valence-corrected chi connectivity index (χ1v) is 6.74. The van der Waals surface area contributed by atoms with Gasteiger partial charge in [-0.2, -0.15) is 17.0 Å². The van der Waals surface area contributed by atoms with Crippen molar-refractivity contribution in [2.24, 2.45) is 0 Å². The third-order valence-corrected chi connectivity index (χ3v) is 4.57. The molecular weight excluding hydrogens is 248 g/mol. The highest BCUT2D eigenvalue weighted by atomic mass is 32.2. The number of hydrogen-bond acceptors (Lipinski definition) is 4. The van der Waals surface area contributed by atoms with E-state index in [1.54, 1.807) is 0 Å². The number of nitrogens with zero attached hydrogens (tertiary/aromatic N) is 2. The number of hydrogen-bond donors (Lipinski definition) is 1. The maximum Gasteiger partial charge on any atom is 0.329 e. The minimum atomic E-state index is -3.36. The third kappa shape index (κ3) is 3.91. The number of carboxylic acids is 1. The van der Waals surface area contributed by atoms with E-state index in [1.807, 2.05) is 0 Å². The quantitative estimate of drug-likeness (QED) is 0.715. The Morgan fingerprint density at radius 3 is 2.35 bits per heavy atom. The Kier molecular flexibility index (Phi) is 4.87. The SMILES string of the molecule is CN(C)S(=O)(=O)N1CCC(OCC(=O)O)CC1. The van der Waals surface area contributed by atoms with Crippen LogP contribution in [0.25, 0.3) is 0 Å². The molecule has 0 spiro atoms. The molecule has 0 radical (unpaired) electrons. The van der Waals surface area contributed by atoms with Crippen molar-refractivity contribution in [1.82, 2.24) is 8.61 Å². The van der Waals surface area contributed by atoms with Gasteiger partial charge in [0, 0.05) is 27.2 Å². The molecular formula is C9H18N2O5S. The van der Waals surface area contributed by atoms with E-state index >= 15 is 0 Å². The molecule has 1 rings (SSSR count). The topological polar surface area (TPSA) is 87.2 Å². The van der Waals surface area contributed by atoms with Gasteiger partial charge in [0.15, 0.2) is 0 Å². The van der Waals surface area contributed by atoms with E-state index in [0.29, 0.717) is 25.9 Å². The number of carboxylic acid groups (broad SMARTS) is 1. The van der Waals surface area contributed by atoms with E-state index in [9.17, 15) is 13.2 Å². The van der Waals surface area contributed by atoms with Crippen LogP contribution in [-0.2, 0) is 19.7 Å². The molecule has 1 aliphatic heterocycles. The maximum absolute atomic E-state index is 11.8. The number of piperidine rings is 1. The number of carbonyl (C=O) groups is 1. The lowest BCUT2D eigenvalue weighted by Crippen LogP contribution is -2.46. The summed E-state index contributed by atoms with van der Waals surface area (Å²) in [7, 11) is -0.383. The van der Waals surface area contributed by atoms with E-state index in [2.05, 4.69) is 0 Å². The van der Waals surface area contributed by atoms with Crippen molar-refractivity contribution in [3.05, 3.63) is 0 Å². The van der Waals surface area contributed by atoms with Crippen molar-refractivity contribution in [1.29, 1.82) is 0 Å². The minimum Gasteiger partial charge on any atom is -0.480 e. The summed E-state index contributed by atoms with van der Waals surface area (Å²) < 4.78 is 31.2. The van der Waals surface area contributed by atoms with E-state index < -0.39 is 16.2 Å². The molecule has 17 heavy (non-hydrogen) atoms. The summed E-state index contributed by atoms with van der Waals surface area (Å²) in [5.74, 6) is -1.01. The van der Waals surface area contributed by atoms with Crippen molar-refractivity contribution in [2.75, 3.05) is 33.8 Å². The first-order chi connectivity index (χ1) is 7.84. The zero-order valence-electron chi connectivity index (χ0n) is 10.00. The summed E-state index contributed by atoms with van der Waals surface area (Å²) in [6.07, 6.45) is 0.889. The molecule has 8 heteroatoms. The fraction of sp³-hybridized carbons (Fsp3) is 0.889. The normalized spacial score (nSPS) is 19.7. The lowest BCUT2D eigenvalue weighted by molar-refractivity contribution is -0.145. The van der Waals surface area contributed by atoms with Gasteiger partial charge in [0.1, 0.15) is 6.61 Å². The van der Waals surface area contributed by atoms with Crippen molar-refractivity contribution < 1.29 is 23.1 Å². The summed E-state index contributed by atoms with van der Waals surface area (Å²) in [6, 6.07) is 0. The molecule has 0 amide bonds. The van der Waals surface area contributed by atoms with E-state index in [0.717, 1.165) is 0 Å². The summed E-state index contributed by atoms with van der Waals surface area (Å²) in [4.78, 5) is 10.3. The smallest absolute Gasteiger partial charge is 0.329 e. The molecule has 0 atom stereocenters. The fourth-order valence-electron chi connectivity index (χ4n) is 1.65. The first-order valence-electron chi connectivity index (χ1n) is 5.35. The van der Waals surface area contributed by atoms with E-state index in [1.165, 1.54) is 22.7 Å². The Bertz CT molecular complexity index is 360. The molecule has 0 aromatic rings. The molecule has 0 aromatic carbocycles. The second kappa shape index (κ2) is 5.76. The Hall–Kier alpha value is -0.700. The van der Waals surface area contributed by atoms with Crippen molar-refractivity contribution >= 4 is 16.2 Å². The van der Waals surface area contributed by atoms with Gasteiger partial charge in [0.25, 0.3) is 10.2 Å². The molecule has 1 aliphatic rings. The minimum absolute atomic E-state index is 0.167. The van der Waals surface area contributed by atoms with Gasteiger partial charge in [-0.15, -0.1) is 0 Å². The van der Waals surface area contributed by atoms with Crippen LogP contribution in [0.5, 0.6) is 0 Å². The second-order valence-electron chi connectivity index (χ2n) is 4.09. The number of aliphatic carboxylic acids is 1. The third-order valence-electron chi connectivity index (χ3n) is 2.63. The van der Waals surface area contributed by atoms with Gasteiger partial charge in [0.05, 0.1) is 6.10 Å². The van der Waals surface area contributed by atoms with Crippen LogP contribution < -0.4 is 0 Å². The van der Waals surface area contributed by atoms with Crippen LogP contribution in [0.1, 0.15) is 12.8 Å². The number of rotatable bonds is 5. The zero-order valence-corrected chi connectivity index (χ0v) is 10.8. The van der Waals surface area contributed by atoms with Crippen LogP contribution in [0.4, 0.5) is 0 Å². The molecule has 7 nitrogen and oxygen atoms in total. The number of ether oxygens (including phenoxy) is 1. The molecule has 1 saturated heterocycles. The molecule has 0 saturated carbocycles. The van der Waals surface area contributed by atoms with Crippen molar-refractivity contribution in [3.63, 3.8) is 0 Å². The Morgan fingerprint density at radius 2 is 1.94 bits per heavy atom. The van der Waals surface area contributed by atoms with Crippen LogP contribution >= 0.6 is 0 Å². The summed E-state index contributed by atoms with van der Waals surface area (Å²) in [6.45, 7) is 0.403. The molecule has 1 heterocycles. The van der Waals surface area contributed by atoms with E-state index in [4.69, 9.17) is 9.84 Å². The first kappa shape index (κ1) is 14.4. The van der Waals surface area contributed by atoms with Gasteiger partial charge >= 0.3 is 5.97 Å². The van der Waals surface area contributed by atoms with Gasteiger partial charge < -0.3 is 9.84 Å². The van der Waals surface area contributed by atoms with Gasteiger partial charge in [-0.25, -0.2) is 4.79 Å². The molecule has 100 valence electrons. The average Bonchev–Trinajstić information content (AvgIpc) is 2.26. The van der Waals surface area contributed by atoms with Crippen molar-refractivity contribution in [2.45, 2.75) is 18.9 Å². The van der Waals surface area contributed by atoms with Crippen molar-refractivity contribution in [3.8, 4) is 0 Å². The van der Waals surface area contributed by atoms with Gasteiger partial charge in [-0.3, -0.25) is 0 Å². The average molecular weight is 266 g/mol. The van der Waals surface area contributed by atoms with Crippen LogP contribution in [0, 0.1) is 0 Å². The summed E-state index contributed by atoms with van der Waals surface area (Å²) in [5.41, 5.74) is 0. The Balaban J connectivity index is 2.43. The predicted octanol–water partition coefficient (Wildman–Crippen LogP) is -0.642. The van der Waals surface area contributed by atoms with Crippen LogP contribution in [0.15, 0.2) is 0 Å². The van der Waals surface area contributed by atoms with Crippen LogP contribution in [0.3, 0.4) is 0 Å². The van der Waals surface area contributed by atoms with Crippen LogP contribution in [0.2, 0.25) is 0 Å². The summed E-state index contributed by atoms with van der Waals surface area (Å²) >= 11 is 0. The highest BCUT2D eigenvalue weighted by Gasteiger charge is 2.29. The molecule has 1 fully saturated rings. The fourth-order valence-corrected chi connectivity index (χ4v) is 2.78. The van der Waals surface area contributed by atoms with Gasteiger partial charge in [0.2, 0.25) is 0 Å². The Labute approximate surface area is 101 Å². The predicted molar refractivity (Wildman–Crippen MR) is 60.8 cm³/mol. The van der Waals surface area contributed by atoms with Gasteiger partial charge in [-0.05, 0) is 12.8 Å². The zero-order chi connectivity index (χ0) is 13.1. The highest BCUT2D eigenvalue weighted by Crippen LogP contribution is 2.17. The standard InChI is InChI=1S/C9H18N2O5S/c1-10(2)17(14,15)11-5-3-8(4-6-11)16-7-9(12)13/h8H,3-7H2,1-2H3,(H,12,13). The highest BCUT2D eigenvalue weighted by molar-refractivity contribution is 7.86. The Morgan fingerprint density at radius 1 is 1.41 bits per heavy atom. The summed E-state index contributed by atoms with van der Waals surface area (Å²) in [5, 5.41) is 8.46.